The van der Waals surface area contributed by atoms with E-state index in [0.29, 0.717) is 5.69 Å². The summed E-state index contributed by atoms with van der Waals surface area (Å²) in [5.74, 6) is -1.80. The lowest BCUT2D eigenvalue weighted by atomic mass is 10.0. The fourth-order valence-corrected chi connectivity index (χ4v) is 1.96. The molecule has 96 valence electrons. The molecule has 0 aliphatic carbocycles. The summed E-state index contributed by atoms with van der Waals surface area (Å²) in [7, 11) is 0. The van der Waals surface area contributed by atoms with Crippen molar-refractivity contribution in [2.24, 2.45) is 5.92 Å². The summed E-state index contributed by atoms with van der Waals surface area (Å²) in [6.45, 7) is 0.396. The highest BCUT2D eigenvalue weighted by Crippen LogP contribution is 2.22. The number of hydrogen-bond acceptors (Lipinski definition) is 2. The second-order valence-electron chi connectivity index (χ2n) is 4.00. The number of likely N-dealkylation sites (tertiary alicyclic amines) is 1. The van der Waals surface area contributed by atoms with Gasteiger partial charge in [-0.25, -0.2) is 9.18 Å². The fraction of sp³-hybridized carbons (Fsp3) is 0.273. The zero-order valence-corrected chi connectivity index (χ0v) is 10.8. The minimum absolute atomic E-state index is 0.198. The Morgan fingerprint density at radius 1 is 1.44 bits per heavy atom. The van der Waals surface area contributed by atoms with Crippen LogP contribution in [-0.4, -0.2) is 35.1 Å². The maximum absolute atomic E-state index is 13.0. The number of benzene rings is 1. The second-order valence-corrected chi connectivity index (χ2v) is 4.85. The Hall–Kier alpha value is -1.63. The van der Waals surface area contributed by atoms with Crippen molar-refractivity contribution in [3.63, 3.8) is 0 Å². The molecular formula is C11H10BrFN2O3. The predicted octanol–water partition coefficient (Wildman–Crippen LogP) is 2.14. The molecule has 0 atom stereocenters. The molecule has 0 saturated carbocycles. The van der Waals surface area contributed by atoms with Crippen molar-refractivity contribution < 1.29 is 19.1 Å². The lowest BCUT2D eigenvalue weighted by molar-refractivity contribution is -0.145. The van der Waals surface area contributed by atoms with Gasteiger partial charge in [0, 0.05) is 18.8 Å². The normalized spacial score (nSPS) is 15.1. The summed E-state index contributed by atoms with van der Waals surface area (Å²) in [6.07, 6.45) is 0. The highest BCUT2D eigenvalue weighted by atomic mass is 79.9. The summed E-state index contributed by atoms with van der Waals surface area (Å²) < 4.78 is 13.2. The smallest absolute Gasteiger partial charge is 0.321 e. The van der Waals surface area contributed by atoms with Crippen LogP contribution in [0.15, 0.2) is 22.7 Å². The molecule has 0 spiro atoms. The Morgan fingerprint density at radius 3 is 2.67 bits per heavy atom. The van der Waals surface area contributed by atoms with Crippen LogP contribution in [0.3, 0.4) is 0 Å². The van der Waals surface area contributed by atoms with E-state index in [0.717, 1.165) is 0 Å². The molecule has 7 heteroatoms. The molecule has 1 aliphatic heterocycles. The van der Waals surface area contributed by atoms with E-state index in [9.17, 15) is 14.0 Å². The summed E-state index contributed by atoms with van der Waals surface area (Å²) in [5, 5.41) is 11.3. The molecule has 0 aromatic heterocycles. The van der Waals surface area contributed by atoms with E-state index in [1.165, 1.54) is 23.1 Å². The maximum Gasteiger partial charge on any atom is 0.321 e. The monoisotopic (exact) mass is 316 g/mol. The molecule has 1 heterocycles. The largest absolute Gasteiger partial charge is 0.481 e. The Bertz CT molecular complexity index is 503. The van der Waals surface area contributed by atoms with Crippen LogP contribution in [-0.2, 0) is 4.79 Å². The van der Waals surface area contributed by atoms with Gasteiger partial charge in [-0.1, -0.05) is 0 Å². The van der Waals surface area contributed by atoms with Gasteiger partial charge in [-0.3, -0.25) is 4.79 Å². The van der Waals surface area contributed by atoms with Crippen LogP contribution < -0.4 is 5.32 Å². The van der Waals surface area contributed by atoms with Crippen molar-refractivity contribution in [2.75, 3.05) is 18.4 Å². The number of nitrogens with zero attached hydrogens (tertiary/aromatic N) is 1. The first-order valence-corrected chi connectivity index (χ1v) is 6.00. The van der Waals surface area contributed by atoms with E-state index in [1.54, 1.807) is 0 Å². The lowest BCUT2D eigenvalue weighted by Crippen LogP contribution is -2.54. The summed E-state index contributed by atoms with van der Waals surface area (Å²) in [5.41, 5.74) is 0.451. The van der Waals surface area contributed by atoms with E-state index in [1.807, 2.05) is 0 Å². The maximum atomic E-state index is 13.0. The van der Waals surface area contributed by atoms with Crippen LogP contribution in [0.5, 0.6) is 0 Å². The van der Waals surface area contributed by atoms with E-state index < -0.39 is 17.7 Å². The Kier molecular flexibility index (Phi) is 3.51. The quantitative estimate of drug-likeness (QED) is 0.878. The van der Waals surface area contributed by atoms with Gasteiger partial charge in [-0.15, -0.1) is 0 Å². The SMILES string of the molecule is O=C(O)C1CN(C(=O)Nc2ccc(F)c(Br)c2)C1. The third-order valence-electron chi connectivity index (χ3n) is 2.69. The zero-order valence-electron chi connectivity index (χ0n) is 9.19. The average molecular weight is 317 g/mol. The van der Waals surface area contributed by atoms with Crippen LogP contribution in [0, 0.1) is 11.7 Å². The number of hydrogen-bond donors (Lipinski definition) is 2. The van der Waals surface area contributed by atoms with Crippen LogP contribution in [0.25, 0.3) is 0 Å². The third kappa shape index (κ3) is 2.61. The second kappa shape index (κ2) is 4.93. The molecule has 1 aromatic rings. The van der Waals surface area contributed by atoms with Gasteiger partial charge in [-0.2, -0.15) is 0 Å². The Morgan fingerprint density at radius 2 is 2.11 bits per heavy atom. The van der Waals surface area contributed by atoms with Gasteiger partial charge in [0.25, 0.3) is 0 Å². The van der Waals surface area contributed by atoms with Crippen LogP contribution in [0.1, 0.15) is 0 Å². The number of aliphatic carboxylic acids is 1. The number of carboxylic acid groups (broad SMARTS) is 1. The number of anilines is 1. The molecular weight excluding hydrogens is 307 g/mol. The number of carbonyl (C=O) groups is 2. The minimum Gasteiger partial charge on any atom is -0.481 e. The van der Waals surface area contributed by atoms with Crippen LogP contribution in [0.2, 0.25) is 0 Å². The van der Waals surface area contributed by atoms with Gasteiger partial charge in [0.05, 0.1) is 10.4 Å². The van der Waals surface area contributed by atoms with Gasteiger partial charge in [0.2, 0.25) is 0 Å². The molecule has 1 aromatic carbocycles. The average Bonchev–Trinajstić information content (AvgIpc) is 2.20. The third-order valence-corrected chi connectivity index (χ3v) is 3.30. The number of rotatable bonds is 2. The molecule has 18 heavy (non-hydrogen) atoms. The molecule has 2 amide bonds. The van der Waals surface area contributed by atoms with Crippen molar-refractivity contribution in [1.29, 1.82) is 0 Å². The predicted molar refractivity (Wildman–Crippen MR) is 65.8 cm³/mol. The number of urea groups is 1. The van der Waals surface area contributed by atoms with Gasteiger partial charge in [0.15, 0.2) is 0 Å². The molecule has 0 radical (unpaired) electrons. The molecule has 2 rings (SSSR count). The minimum atomic E-state index is -0.899. The highest BCUT2D eigenvalue weighted by molar-refractivity contribution is 9.10. The molecule has 5 nitrogen and oxygen atoms in total. The molecule has 1 aliphatic rings. The summed E-state index contributed by atoms with van der Waals surface area (Å²) in [6, 6.07) is 3.73. The number of amides is 2. The first-order valence-electron chi connectivity index (χ1n) is 5.21. The van der Waals surface area contributed by atoms with Gasteiger partial charge in [-0.05, 0) is 34.1 Å². The van der Waals surface area contributed by atoms with E-state index in [2.05, 4.69) is 21.2 Å². The summed E-state index contributed by atoms with van der Waals surface area (Å²) >= 11 is 3.02. The topological polar surface area (TPSA) is 69.6 Å². The molecule has 2 N–H and O–H groups in total. The number of halogens is 2. The van der Waals surface area contributed by atoms with E-state index in [-0.39, 0.29) is 23.6 Å². The van der Waals surface area contributed by atoms with Crippen molar-refractivity contribution >= 4 is 33.6 Å². The number of carbonyl (C=O) groups excluding carboxylic acids is 1. The van der Waals surface area contributed by atoms with Crippen molar-refractivity contribution in [1.82, 2.24) is 4.90 Å². The lowest BCUT2D eigenvalue weighted by Gasteiger charge is -2.36. The van der Waals surface area contributed by atoms with Crippen molar-refractivity contribution in [3.05, 3.63) is 28.5 Å². The molecule has 0 unspecified atom stereocenters. The number of nitrogens with one attached hydrogen (secondary N) is 1. The molecule has 0 bridgehead atoms. The Balaban J connectivity index is 1.92. The molecule has 1 fully saturated rings. The standard InChI is InChI=1S/C11H10BrFN2O3/c12-8-3-7(1-2-9(8)13)14-11(18)15-4-6(5-15)10(16)17/h1-3,6H,4-5H2,(H,14,18)(H,16,17). The van der Waals surface area contributed by atoms with Gasteiger partial charge >= 0.3 is 12.0 Å². The molecule has 1 saturated heterocycles. The van der Waals surface area contributed by atoms with Crippen LogP contribution >= 0.6 is 15.9 Å². The first kappa shape index (κ1) is 12.8. The van der Waals surface area contributed by atoms with E-state index >= 15 is 0 Å². The fourth-order valence-electron chi connectivity index (χ4n) is 1.58. The Labute approximate surface area is 111 Å². The van der Waals surface area contributed by atoms with Crippen molar-refractivity contribution in [2.45, 2.75) is 0 Å². The summed E-state index contributed by atoms with van der Waals surface area (Å²) in [4.78, 5) is 23.6. The zero-order chi connectivity index (χ0) is 13.3. The van der Waals surface area contributed by atoms with Crippen molar-refractivity contribution in [3.8, 4) is 0 Å². The van der Waals surface area contributed by atoms with E-state index in [4.69, 9.17) is 5.11 Å². The highest BCUT2D eigenvalue weighted by Gasteiger charge is 2.35. The first-order chi connectivity index (χ1) is 8.47. The van der Waals surface area contributed by atoms with Gasteiger partial charge < -0.3 is 15.3 Å². The van der Waals surface area contributed by atoms with Gasteiger partial charge in [0.1, 0.15) is 5.82 Å². The number of carboxylic acids is 1. The van der Waals surface area contributed by atoms with Crippen LogP contribution in [0.4, 0.5) is 14.9 Å².